The summed E-state index contributed by atoms with van der Waals surface area (Å²) in [5, 5.41) is 49.2. The molecule has 15 nitrogen and oxygen atoms in total. The number of terminal acetylenes is 1. The number of aliphatic hydroxyl groups excluding tert-OH is 3. The monoisotopic (exact) mass is 956 g/mol. The second kappa shape index (κ2) is 28.8. The molecule has 6 N–H and O–H groups in total. The van der Waals surface area contributed by atoms with Crippen LogP contribution in [0.5, 0.6) is 0 Å². The molecule has 3 rings (SSSR count). The Balaban J connectivity index is 1.83. The van der Waals surface area contributed by atoms with Crippen molar-refractivity contribution in [3.8, 4) is 12.3 Å². The molecule has 2 saturated heterocycles. The van der Waals surface area contributed by atoms with Gasteiger partial charge in [0.25, 0.3) is 11.7 Å². The van der Waals surface area contributed by atoms with E-state index < -0.39 is 72.0 Å². The molecule has 3 fully saturated rings. The highest BCUT2D eigenvalue weighted by atomic mass is 16.6. The fourth-order valence-electron chi connectivity index (χ4n) is 9.97. The van der Waals surface area contributed by atoms with Crippen LogP contribution in [0.3, 0.4) is 0 Å². The highest BCUT2D eigenvalue weighted by Crippen LogP contribution is 2.37. The lowest BCUT2D eigenvalue weighted by Crippen LogP contribution is -2.61. The summed E-state index contributed by atoms with van der Waals surface area (Å²) in [6.07, 6.45) is 15.7. The molecule has 1 amide bonds. The Labute approximate surface area is 406 Å². The number of piperidine rings is 1. The summed E-state index contributed by atoms with van der Waals surface area (Å²) in [7, 11) is 3.15. The topological polar surface area (TPSA) is 220 Å². The number of carbonyl (C=O) groups is 3. The quantitative estimate of drug-likeness (QED) is 0.00967. The third-order valence-electron chi connectivity index (χ3n) is 14.1. The SMILES string of the molecule is C#CCO/N=C(\[C@H](C)CC(C)C)[C@H](O)[C@H](O)/C(C)=C/[C@@H](C)CC[C@H](OC(=O)[C@@H]1CCCCN1C(=O)C(=O)[C@]1(O)O[C@H](C[C@H](OC)/C(C)=C/C=C/C=C)CC[C@H]1C)[C@H](N)C[C@@H]1CC[C@@H](O)[C@H](OC)C1. The zero-order chi connectivity index (χ0) is 50.7. The summed E-state index contributed by atoms with van der Waals surface area (Å²) < 4.78 is 23.7. The first-order valence-electron chi connectivity index (χ1n) is 24.8. The van der Waals surface area contributed by atoms with E-state index in [9.17, 15) is 34.8 Å². The molecule has 2 heterocycles. The molecule has 1 aliphatic carbocycles. The van der Waals surface area contributed by atoms with Gasteiger partial charge in [0.15, 0.2) is 6.61 Å². The predicted octanol–water partition coefficient (Wildman–Crippen LogP) is 6.11. The fraction of sp³-hybridized carbons (Fsp3) is 0.736. The standard InChI is InChI=1S/C53H85N3O12/c1-12-14-15-18-35(6)45(64-10)32-40-23-21-38(9)53(63,68-40)50(60)51(61)56-26-17-16-19-42(56)52(62)67-44(41(54)30-39-22-24-43(57)46(31-39)65-11)25-20-34(5)29-37(8)48(58)49(59)47(55-66-27-13-2)36(7)28-33(3)4/h2,12,14-15,18,29,33-34,36,38-46,48-49,57-59,63H,1,16-17,19-28,30-32,54H2,3-11H3/b15-14+,35-18+,37-29+,55-47+/t34-,36+,38+,39-,40-,41+,42-,43+,44-,45-,46+,48+,49-,53+/m0/s1. The number of amides is 1. The fourth-order valence-corrected chi connectivity index (χ4v) is 9.97. The number of esters is 1. The first-order valence-corrected chi connectivity index (χ1v) is 24.8. The number of rotatable bonds is 26. The van der Waals surface area contributed by atoms with Crippen molar-refractivity contribution in [3.05, 3.63) is 48.1 Å². The summed E-state index contributed by atoms with van der Waals surface area (Å²) in [5.41, 5.74) is 8.67. The molecule has 14 atom stereocenters. The number of Topliss-reactive ketones (excluding diaryl/α,β-unsaturated/α-hetero) is 1. The Hall–Kier alpha value is -3.72. The van der Waals surface area contributed by atoms with Crippen LogP contribution in [-0.2, 0) is 38.2 Å². The Morgan fingerprint density at radius 3 is 2.37 bits per heavy atom. The number of nitrogens with zero attached hydrogens (tertiary/aromatic N) is 2. The lowest BCUT2D eigenvalue weighted by molar-refractivity contribution is -0.265. The normalized spacial score (nSPS) is 28.5. The highest BCUT2D eigenvalue weighted by molar-refractivity contribution is 6.39. The van der Waals surface area contributed by atoms with Gasteiger partial charge in [0.2, 0.25) is 5.79 Å². The van der Waals surface area contributed by atoms with Crippen LogP contribution < -0.4 is 5.73 Å². The van der Waals surface area contributed by atoms with Crippen LogP contribution in [-0.4, -0.2) is 137 Å². The maximum atomic E-state index is 14.4. The maximum Gasteiger partial charge on any atom is 0.329 e. The van der Waals surface area contributed by atoms with E-state index in [1.165, 1.54) is 4.90 Å². The minimum Gasteiger partial charge on any atom is -0.459 e. The Bertz CT molecular complexity index is 1790. The second-order valence-corrected chi connectivity index (χ2v) is 20.0. The molecule has 0 aromatic carbocycles. The summed E-state index contributed by atoms with van der Waals surface area (Å²) in [6, 6.07) is -1.72. The van der Waals surface area contributed by atoms with Crippen molar-refractivity contribution < 1.29 is 58.6 Å². The van der Waals surface area contributed by atoms with Crippen LogP contribution in [0.4, 0.5) is 0 Å². The van der Waals surface area contributed by atoms with Gasteiger partial charge in [-0.3, -0.25) is 9.59 Å². The van der Waals surface area contributed by atoms with Crippen LogP contribution >= 0.6 is 0 Å². The summed E-state index contributed by atoms with van der Waals surface area (Å²) >= 11 is 0. The number of aliphatic hydroxyl groups is 4. The van der Waals surface area contributed by atoms with Gasteiger partial charge in [0.05, 0.1) is 30.1 Å². The summed E-state index contributed by atoms with van der Waals surface area (Å²) in [4.78, 5) is 49.2. The lowest BCUT2D eigenvalue weighted by atomic mass is 9.80. The number of methoxy groups -OCH3 is 2. The van der Waals surface area contributed by atoms with Crippen molar-refractivity contribution in [2.24, 2.45) is 40.5 Å². The number of likely N-dealkylation sites (tertiary alicyclic amines) is 1. The predicted molar refractivity (Wildman–Crippen MR) is 263 cm³/mol. The van der Waals surface area contributed by atoms with Crippen LogP contribution in [0.2, 0.25) is 0 Å². The molecule has 1 saturated carbocycles. The van der Waals surface area contributed by atoms with E-state index in [-0.39, 0.29) is 49.5 Å². The van der Waals surface area contributed by atoms with E-state index >= 15 is 0 Å². The van der Waals surface area contributed by atoms with Gasteiger partial charge in [-0.2, -0.15) is 0 Å². The van der Waals surface area contributed by atoms with Gasteiger partial charge in [-0.25, -0.2) is 4.79 Å². The first-order chi connectivity index (χ1) is 32.2. The van der Waals surface area contributed by atoms with Crippen LogP contribution in [0.15, 0.2) is 53.3 Å². The molecule has 0 spiro atoms. The van der Waals surface area contributed by atoms with E-state index in [0.29, 0.717) is 87.8 Å². The largest absolute Gasteiger partial charge is 0.459 e. The molecule has 15 heteroatoms. The minimum absolute atomic E-state index is 0.0779. The Morgan fingerprint density at radius 2 is 1.72 bits per heavy atom. The van der Waals surface area contributed by atoms with Gasteiger partial charge < -0.3 is 54.8 Å². The average Bonchev–Trinajstić information content (AvgIpc) is 3.31. The van der Waals surface area contributed by atoms with Gasteiger partial charge in [-0.15, -0.1) is 6.42 Å². The number of oxime groups is 1. The van der Waals surface area contributed by atoms with Crippen molar-refractivity contribution in [3.63, 3.8) is 0 Å². The zero-order valence-electron chi connectivity index (χ0n) is 42.4. The van der Waals surface area contributed by atoms with E-state index in [0.717, 1.165) is 12.0 Å². The molecule has 0 bridgehead atoms. The van der Waals surface area contributed by atoms with Crippen LogP contribution in [0.1, 0.15) is 132 Å². The van der Waals surface area contributed by atoms with Crippen molar-refractivity contribution in [2.45, 2.75) is 193 Å². The third-order valence-corrected chi connectivity index (χ3v) is 14.1. The molecule has 384 valence electrons. The molecular formula is C53H85N3O12. The van der Waals surface area contributed by atoms with Crippen LogP contribution in [0, 0.1) is 41.9 Å². The molecule has 0 aromatic heterocycles. The Kier molecular flexibility index (Phi) is 24.8. The molecule has 2 aliphatic heterocycles. The minimum atomic E-state index is -2.41. The molecule has 0 aromatic rings. The highest BCUT2D eigenvalue weighted by Gasteiger charge is 2.53. The van der Waals surface area contributed by atoms with Crippen LogP contribution in [0.25, 0.3) is 0 Å². The molecule has 3 aliphatic rings. The molecule has 0 unspecified atom stereocenters. The number of ketones is 1. The van der Waals surface area contributed by atoms with Crippen molar-refractivity contribution >= 4 is 23.4 Å². The molecule has 68 heavy (non-hydrogen) atoms. The lowest BCUT2D eigenvalue weighted by Gasteiger charge is -2.42. The number of allylic oxidation sites excluding steroid dienone is 5. The zero-order valence-corrected chi connectivity index (χ0v) is 42.4. The van der Waals surface area contributed by atoms with Gasteiger partial charge in [0, 0.05) is 45.1 Å². The molecular weight excluding hydrogens is 871 g/mol. The average molecular weight is 956 g/mol. The number of ether oxygens (including phenoxy) is 4. The first kappa shape index (κ1) is 58.6. The number of hydrogen-bond donors (Lipinski definition) is 5. The number of nitrogens with two attached hydrogens (primary N) is 1. The van der Waals surface area contributed by atoms with Gasteiger partial charge in [-0.05, 0) is 120 Å². The van der Waals surface area contributed by atoms with E-state index in [1.807, 2.05) is 39.0 Å². The van der Waals surface area contributed by atoms with Gasteiger partial charge in [-0.1, -0.05) is 82.7 Å². The number of carbonyl (C=O) groups excluding carboxylic acids is 3. The van der Waals surface area contributed by atoms with Gasteiger partial charge in [0.1, 0.15) is 24.4 Å². The smallest absolute Gasteiger partial charge is 0.329 e. The third kappa shape index (κ3) is 17.0. The maximum absolute atomic E-state index is 14.4. The van der Waals surface area contributed by atoms with Crippen molar-refractivity contribution in [2.75, 3.05) is 27.4 Å². The van der Waals surface area contributed by atoms with E-state index in [4.69, 9.17) is 35.9 Å². The molecule has 0 radical (unpaired) electrons. The summed E-state index contributed by atoms with van der Waals surface area (Å²) in [5.74, 6) is -3.53. The Morgan fingerprint density at radius 1 is 1.00 bits per heavy atom. The van der Waals surface area contributed by atoms with Crippen molar-refractivity contribution in [1.29, 1.82) is 0 Å². The van der Waals surface area contributed by atoms with Crippen molar-refractivity contribution in [1.82, 2.24) is 4.90 Å². The van der Waals surface area contributed by atoms with E-state index in [1.54, 1.807) is 40.2 Å². The van der Waals surface area contributed by atoms with E-state index in [2.05, 4.69) is 31.5 Å². The van der Waals surface area contributed by atoms with Gasteiger partial charge >= 0.3 is 5.97 Å². The number of hydrogen-bond acceptors (Lipinski definition) is 14. The summed E-state index contributed by atoms with van der Waals surface area (Å²) in [6.45, 7) is 17.0. The second-order valence-electron chi connectivity index (χ2n) is 20.0.